The van der Waals surface area contributed by atoms with Crippen molar-refractivity contribution in [2.24, 2.45) is 0 Å². The molecule has 6 nitrogen and oxygen atoms in total. The molecule has 2 aromatic rings. The van der Waals surface area contributed by atoms with Gasteiger partial charge in [0.15, 0.2) is 0 Å². The van der Waals surface area contributed by atoms with Crippen molar-refractivity contribution < 1.29 is 14.7 Å². The Morgan fingerprint density at radius 1 is 1.30 bits per heavy atom. The summed E-state index contributed by atoms with van der Waals surface area (Å²) in [7, 11) is 0. The van der Waals surface area contributed by atoms with E-state index in [1.165, 1.54) is 0 Å². The molecular weight excluding hydrogens is 314 g/mol. The summed E-state index contributed by atoms with van der Waals surface area (Å²) in [5, 5.41) is 15.8. The topological polar surface area (TPSA) is 84.2 Å². The minimum absolute atomic E-state index is 0.0868. The molecule has 122 valence electrons. The Morgan fingerprint density at radius 3 is 2.70 bits per heavy atom. The number of carbonyl (C=O) groups is 2. The molecule has 0 saturated carbocycles. The molecule has 0 bridgehead atoms. The van der Waals surface area contributed by atoms with Crippen LogP contribution < -0.4 is 5.32 Å². The van der Waals surface area contributed by atoms with Crippen LogP contribution in [0.3, 0.4) is 0 Å². The first-order valence-corrected chi connectivity index (χ1v) is 8.40. The van der Waals surface area contributed by atoms with Crippen LogP contribution in [0.5, 0.6) is 0 Å². The predicted molar refractivity (Wildman–Crippen MR) is 91.3 cm³/mol. The molecule has 0 aliphatic carbocycles. The summed E-state index contributed by atoms with van der Waals surface area (Å²) in [6.45, 7) is 4.01. The van der Waals surface area contributed by atoms with E-state index in [-0.39, 0.29) is 17.4 Å². The zero-order valence-corrected chi connectivity index (χ0v) is 13.9. The van der Waals surface area contributed by atoms with Gasteiger partial charge < -0.3 is 10.4 Å². The Balaban J connectivity index is 2.14. The van der Waals surface area contributed by atoms with Crippen LogP contribution in [-0.2, 0) is 16.0 Å². The molecule has 2 rings (SSSR count). The number of aliphatic carboxylic acids is 1. The highest BCUT2D eigenvalue weighted by atomic mass is 32.2. The Morgan fingerprint density at radius 2 is 2.04 bits per heavy atom. The Kier molecular flexibility index (Phi) is 5.81. The lowest BCUT2D eigenvalue weighted by Gasteiger charge is -2.10. The van der Waals surface area contributed by atoms with Crippen LogP contribution in [-0.4, -0.2) is 38.3 Å². The lowest BCUT2D eigenvalue weighted by Crippen LogP contribution is -2.16. The van der Waals surface area contributed by atoms with Gasteiger partial charge in [-0.05, 0) is 25.0 Å². The lowest BCUT2D eigenvalue weighted by atomic mass is 10.2. The second-order valence-electron chi connectivity index (χ2n) is 4.99. The van der Waals surface area contributed by atoms with Gasteiger partial charge >= 0.3 is 5.97 Å². The van der Waals surface area contributed by atoms with E-state index in [1.807, 2.05) is 42.8 Å². The van der Waals surface area contributed by atoms with Crippen LogP contribution in [0.25, 0.3) is 5.69 Å². The maximum absolute atomic E-state index is 11.9. The first-order chi connectivity index (χ1) is 11.0. The predicted octanol–water partition coefficient (Wildman–Crippen LogP) is 2.50. The van der Waals surface area contributed by atoms with E-state index in [0.29, 0.717) is 12.1 Å². The smallest absolute Gasteiger partial charge is 0.313 e. The second-order valence-corrected chi connectivity index (χ2v) is 5.98. The average Bonchev–Trinajstić information content (AvgIpc) is 2.89. The summed E-state index contributed by atoms with van der Waals surface area (Å²) < 4.78 is 1.83. The zero-order chi connectivity index (χ0) is 16.8. The number of carboxylic acid groups (broad SMARTS) is 1. The molecule has 0 fully saturated rings. The minimum Gasteiger partial charge on any atom is -0.481 e. The molecule has 0 unspecified atom stereocenters. The number of carbonyl (C=O) groups excluding carboxylic acids is 1. The largest absolute Gasteiger partial charge is 0.481 e. The van der Waals surface area contributed by atoms with Crippen molar-refractivity contribution in [1.29, 1.82) is 0 Å². The van der Waals surface area contributed by atoms with Crippen LogP contribution in [0.15, 0.2) is 30.5 Å². The molecule has 7 heteroatoms. The van der Waals surface area contributed by atoms with Crippen molar-refractivity contribution in [2.45, 2.75) is 20.3 Å². The summed E-state index contributed by atoms with van der Waals surface area (Å²) in [5.74, 6) is -1.14. The lowest BCUT2D eigenvalue weighted by molar-refractivity contribution is -0.133. The van der Waals surface area contributed by atoms with Crippen molar-refractivity contribution in [1.82, 2.24) is 9.78 Å². The van der Waals surface area contributed by atoms with Crippen LogP contribution in [0, 0.1) is 6.92 Å². The van der Waals surface area contributed by atoms with Crippen LogP contribution in [0.1, 0.15) is 18.2 Å². The van der Waals surface area contributed by atoms with E-state index >= 15 is 0 Å². The summed E-state index contributed by atoms with van der Waals surface area (Å²) >= 11 is 1.07. The monoisotopic (exact) mass is 333 g/mol. The highest BCUT2D eigenvalue weighted by Crippen LogP contribution is 2.22. The van der Waals surface area contributed by atoms with Gasteiger partial charge in [-0.15, -0.1) is 11.8 Å². The maximum Gasteiger partial charge on any atom is 0.313 e. The Bertz CT molecular complexity index is 712. The van der Waals surface area contributed by atoms with Gasteiger partial charge in [0.2, 0.25) is 5.91 Å². The van der Waals surface area contributed by atoms with Crippen LogP contribution in [0.4, 0.5) is 5.69 Å². The third kappa shape index (κ3) is 4.35. The summed E-state index contributed by atoms with van der Waals surface area (Å²) in [4.78, 5) is 22.4. The Labute approximate surface area is 138 Å². The van der Waals surface area contributed by atoms with Gasteiger partial charge in [0.05, 0.1) is 34.8 Å². The average molecular weight is 333 g/mol. The molecule has 1 aromatic heterocycles. The number of nitrogens with one attached hydrogen (secondary N) is 1. The van der Waals surface area contributed by atoms with Gasteiger partial charge in [-0.1, -0.05) is 25.1 Å². The van der Waals surface area contributed by atoms with Crippen LogP contribution >= 0.6 is 11.8 Å². The number of carboxylic acids is 1. The molecule has 0 aliphatic rings. The van der Waals surface area contributed by atoms with E-state index in [0.717, 1.165) is 28.7 Å². The SMILES string of the molecule is CCc1c(NC(=O)CSCC(=O)O)cnn1-c1ccccc1C. The van der Waals surface area contributed by atoms with Gasteiger partial charge in [-0.2, -0.15) is 5.10 Å². The standard InChI is InChI=1S/C16H19N3O3S/c1-3-13-12(18-15(20)9-23-10-16(21)22)8-17-19(13)14-7-5-4-6-11(14)2/h4-8H,3,9-10H2,1-2H3,(H,18,20)(H,21,22). The van der Waals surface area contributed by atoms with Gasteiger partial charge in [0, 0.05) is 0 Å². The summed E-state index contributed by atoms with van der Waals surface area (Å²) in [5.41, 5.74) is 3.65. The van der Waals surface area contributed by atoms with E-state index in [1.54, 1.807) is 6.20 Å². The number of anilines is 1. The van der Waals surface area contributed by atoms with Gasteiger partial charge in [-0.3, -0.25) is 9.59 Å². The van der Waals surface area contributed by atoms with Gasteiger partial charge in [0.25, 0.3) is 0 Å². The highest BCUT2D eigenvalue weighted by Gasteiger charge is 2.14. The first kappa shape index (κ1) is 17.1. The highest BCUT2D eigenvalue weighted by molar-refractivity contribution is 8.00. The molecule has 0 saturated heterocycles. The number of aromatic nitrogens is 2. The van der Waals surface area contributed by atoms with E-state index < -0.39 is 5.97 Å². The number of para-hydroxylation sites is 1. The normalized spacial score (nSPS) is 10.5. The molecule has 0 spiro atoms. The van der Waals surface area contributed by atoms with Crippen LogP contribution in [0.2, 0.25) is 0 Å². The Hall–Kier alpha value is -2.28. The second kappa shape index (κ2) is 7.82. The van der Waals surface area contributed by atoms with Crippen molar-refractivity contribution in [3.05, 3.63) is 41.7 Å². The zero-order valence-electron chi connectivity index (χ0n) is 13.1. The molecule has 0 aliphatic heterocycles. The van der Waals surface area contributed by atoms with Gasteiger partial charge in [0.1, 0.15) is 0 Å². The number of thioether (sulfide) groups is 1. The molecule has 1 aromatic carbocycles. The number of aryl methyl sites for hydroxylation is 1. The molecule has 1 amide bonds. The van der Waals surface area contributed by atoms with E-state index in [2.05, 4.69) is 10.4 Å². The van der Waals surface area contributed by atoms with E-state index in [9.17, 15) is 9.59 Å². The minimum atomic E-state index is -0.926. The number of nitrogens with zero attached hydrogens (tertiary/aromatic N) is 2. The van der Waals surface area contributed by atoms with Crippen molar-refractivity contribution in [3.63, 3.8) is 0 Å². The van der Waals surface area contributed by atoms with Crippen molar-refractivity contribution >= 4 is 29.3 Å². The fourth-order valence-corrected chi connectivity index (χ4v) is 2.78. The van der Waals surface area contributed by atoms with E-state index in [4.69, 9.17) is 5.11 Å². The first-order valence-electron chi connectivity index (χ1n) is 7.25. The molecule has 0 radical (unpaired) electrons. The van der Waals surface area contributed by atoms with Gasteiger partial charge in [-0.25, -0.2) is 4.68 Å². The van der Waals surface area contributed by atoms with Crippen molar-refractivity contribution in [2.75, 3.05) is 16.8 Å². The fraction of sp³-hybridized carbons (Fsp3) is 0.312. The third-order valence-electron chi connectivity index (χ3n) is 3.28. The fourth-order valence-electron chi connectivity index (χ4n) is 2.24. The van der Waals surface area contributed by atoms with Crippen molar-refractivity contribution in [3.8, 4) is 5.69 Å². The molecule has 0 atom stereocenters. The molecular formula is C16H19N3O3S. The maximum atomic E-state index is 11.9. The number of hydrogen-bond donors (Lipinski definition) is 2. The summed E-state index contributed by atoms with van der Waals surface area (Å²) in [6.07, 6.45) is 2.34. The number of amides is 1. The summed E-state index contributed by atoms with van der Waals surface area (Å²) in [6, 6.07) is 7.91. The molecule has 2 N–H and O–H groups in total. The quantitative estimate of drug-likeness (QED) is 0.813. The third-order valence-corrected chi connectivity index (χ3v) is 4.20. The number of hydrogen-bond acceptors (Lipinski definition) is 4. The number of benzene rings is 1. The number of rotatable bonds is 7. The molecule has 23 heavy (non-hydrogen) atoms. The molecule has 1 heterocycles.